The molecule has 0 aliphatic rings. The lowest BCUT2D eigenvalue weighted by molar-refractivity contribution is 0.529. The van der Waals surface area contributed by atoms with Gasteiger partial charge in [-0.2, -0.15) is 16.8 Å². The summed E-state index contributed by atoms with van der Waals surface area (Å²) in [4.78, 5) is 0.104. The number of hydrogen-bond donors (Lipinski definition) is 0. The highest BCUT2D eigenvalue weighted by Gasteiger charge is 2.19. The molecule has 0 fully saturated rings. The maximum atomic E-state index is 11.2. The molecule has 0 aromatic carbocycles. The molecule has 0 heterocycles. The van der Waals surface area contributed by atoms with Crippen molar-refractivity contribution in [2.75, 3.05) is 0 Å². The molecule has 18 heavy (non-hydrogen) atoms. The van der Waals surface area contributed by atoms with E-state index in [1.807, 2.05) is 20.8 Å². The quantitative estimate of drug-likeness (QED) is 0.673. The lowest BCUT2D eigenvalue weighted by Gasteiger charge is -2.12. The molecule has 0 aromatic rings. The van der Waals surface area contributed by atoms with Crippen LogP contribution in [0.3, 0.4) is 0 Å². The predicted molar refractivity (Wildman–Crippen MR) is 76.0 cm³/mol. The highest BCUT2D eigenvalue weighted by atomic mass is 32.2. The molecule has 0 spiro atoms. The number of hydrogen-bond acceptors (Lipinski definition) is 4. The van der Waals surface area contributed by atoms with Gasteiger partial charge < -0.3 is 0 Å². The van der Waals surface area contributed by atoms with Crippen molar-refractivity contribution in [3.05, 3.63) is 0 Å². The lowest BCUT2D eigenvalue weighted by Crippen LogP contribution is -2.24. The van der Waals surface area contributed by atoms with Crippen LogP contribution in [0.4, 0.5) is 0 Å². The van der Waals surface area contributed by atoms with Crippen LogP contribution in [-0.2, 0) is 20.6 Å². The van der Waals surface area contributed by atoms with Gasteiger partial charge in [0.25, 0.3) is 0 Å². The van der Waals surface area contributed by atoms with E-state index in [0.29, 0.717) is 25.2 Å². The summed E-state index contributed by atoms with van der Waals surface area (Å²) in [6, 6.07) is 0. The Bertz CT molecular complexity index is 510. The Labute approximate surface area is 112 Å². The third-order valence-electron chi connectivity index (χ3n) is 3.28. The first-order chi connectivity index (χ1) is 8.34. The average Bonchev–Trinajstić information content (AvgIpc) is 2.31. The van der Waals surface area contributed by atoms with Gasteiger partial charge in [0.15, 0.2) is 0 Å². The van der Waals surface area contributed by atoms with E-state index in [-0.39, 0.29) is 15.6 Å². The van der Waals surface area contributed by atoms with Crippen LogP contribution in [0.2, 0.25) is 0 Å². The van der Waals surface area contributed by atoms with E-state index >= 15 is 0 Å². The Hall–Kier alpha value is -0.620. The summed E-state index contributed by atoms with van der Waals surface area (Å²) < 4.78 is 44.9. The molecule has 0 amide bonds. The topological polar surface area (TPSA) is 68.3 Å². The largest absolute Gasteiger partial charge is 0.218 e. The van der Waals surface area contributed by atoms with Gasteiger partial charge in [0, 0.05) is 0 Å². The Morgan fingerprint density at radius 3 is 1.83 bits per heavy atom. The molecular weight excluding hydrogens is 272 g/mol. The summed E-state index contributed by atoms with van der Waals surface area (Å²) in [6.45, 7) is 7.64. The highest BCUT2D eigenvalue weighted by molar-refractivity contribution is 7.82. The molecule has 106 valence electrons. The zero-order chi connectivity index (χ0) is 14.3. The Morgan fingerprint density at radius 1 is 0.944 bits per heavy atom. The van der Waals surface area contributed by atoms with Crippen LogP contribution in [-0.4, -0.2) is 26.6 Å². The van der Waals surface area contributed by atoms with Crippen molar-refractivity contribution >= 4 is 30.3 Å². The molecule has 0 rings (SSSR count). The van der Waals surface area contributed by atoms with Gasteiger partial charge in [-0.25, -0.2) is 0 Å². The summed E-state index contributed by atoms with van der Waals surface area (Å²) in [5, 5.41) is 0. The van der Waals surface area contributed by atoms with E-state index < -0.39 is 20.6 Å². The van der Waals surface area contributed by atoms with E-state index in [1.54, 1.807) is 6.92 Å². The smallest absolute Gasteiger partial charge is 0.184 e. The number of rotatable bonds is 7. The van der Waals surface area contributed by atoms with Gasteiger partial charge in [-0.05, 0) is 31.1 Å². The van der Waals surface area contributed by atoms with Crippen LogP contribution in [0.15, 0.2) is 0 Å². The predicted octanol–water partition coefficient (Wildman–Crippen LogP) is 1.96. The second-order valence-electron chi connectivity index (χ2n) is 4.62. The second-order valence-corrected chi connectivity index (χ2v) is 6.49. The second kappa shape index (κ2) is 8.48. The Kier molecular flexibility index (Phi) is 8.18. The zero-order valence-corrected chi connectivity index (χ0v) is 13.1. The van der Waals surface area contributed by atoms with E-state index in [9.17, 15) is 16.8 Å². The van der Waals surface area contributed by atoms with Gasteiger partial charge in [-0.15, -0.1) is 0 Å². The van der Waals surface area contributed by atoms with E-state index in [2.05, 4.69) is 0 Å². The van der Waals surface area contributed by atoms with Crippen LogP contribution in [0, 0.1) is 11.8 Å². The van der Waals surface area contributed by atoms with Crippen LogP contribution in [0.1, 0.15) is 53.4 Å². The van der Waals surface area contributed by atoms with Gasteiger partial charge >= 0.3 is 0 Å². The fourth-order valence-electron chi connectivity index (χ4n) is 1.59. The molecule has 0 radical (unpaired) electrons. The van der Waals surface area contributed by atoms with Crippen LogP contribution >= 0.6 is 0 Å². The molecule has 0 N–H and O–H groups in total. The van der Waals surface area contributed by atoms with Crippen molar-refractivity contribution in [2.45, 2.75) is 53.4 Å². The van der Waals surface area contributed by atoms with E-state index in [1.165, 1.54) is 0 Å². The molecule has 0 aromatic heterocycles. The molecule has 0 saturated heterocycles. The third kappa shape index (κ3) is 5.35. The minimum absolute atomic E-state index is 0.0501. The first-order valence-electron chi connectivity index (χ1n) is 6.26. The monoisotopic (exact) mass is 294 g/mol. The lowest BCUT2D eigenvalue weighted by atomic mass is 9.96. The van der Waals surface area contributed by atoms with Crippen molar-refractivity contribution in [1.82, 2.24) is 0 Å². The maximum Gasteiger partial charge on any atom is 0.218 e. The summed E-state index contributed by atoms with van der Waals surface area (Å²) in [6.07, 6.45) is 2.56. The van der Waals surface area contributed by atoms with Crippen LogP contribution in [0.25, 0.3) is 0 Å². The fraction of sp³-hybridized carbons (Fsp3) is 0.833. The first kappa shape index (κ1) is 17.4. The van der Waals surface area contributed by atoms with Gasteiger partial charge in [-0.3, -0.25) is 0 Å². The minimum Gasteiger partial charge on any atom is -0.184 e. The molecule has 4 nitrogen and oxygen atoms in total. The molecular formula is C12H22O4S2. The van der Waals surface area contributed by atoms with Gasteiger partial charge in [0.2, 0.25) is 20.6 Å². The van der Waals surface area contributed by atoms with E-state index in [0.717, 1.165) is 6.42 Å². The van der Waals surface area contributed by atoms with Gasteiger partial charge in [0.05, 0.1) is 9.73 Å². The standard InChI is InChI=1S/C12H22O4S2/c1-5-9(3)7-8-11(17(13)14)12(18(15)16)10(4)6-2/h9-10H,5-8H2,1-4H3. The molecule has 0 aliphatic heterocycles. The summed E-state index contributed by atoms with van der Waals surface area (Å²) in [5.74, 6) is 0.134. The first-order valence-corrected chi connectivity index (χ1v) is 8.41. The molecule has 0 bridgehead atoms. The summed E-state index contributed by atoms with van der Waals surface area (Å²) >= 11 is 0. The van der Waals surface area contributed by atoms with Crippen molar-refractivity contribution in [2.24, 2.45) is 11.8 Å². The van der Waals surface area contributed by atoms with Gasteiger partial charge in [-0.1, -0.05) is 34.1 Å². The zero-order valence-electron chi connectivity index (χ0n) is 11.4. The molecule has 2 unspecified atom stereocenters. The van der Waals surface area contributed by atoms with Crippen molar-refractivity contribution in [1.29, 1.82) is 0 Å². The molecule has 0 aliphatic carbocycles. The van der Waals surface area contributed by atoms with Crippen LogP contribution in [0.5, 0.6) is 0 Å². The molecule has 2 atom stereocenters. The minimum atomic E-state index is -2.46. The highest BCUT2D eigenvalue weighted by Crippen LogP contribution is 2.13. The average molecular weight is 294 g/mol. The summed E-state index contributed by atoms with van der Waals surface area (Å²) in [5.41, 5.74) is 0. The van der Waals surface area contributed by atoms with Crippen LogP contribution < -0.4 is 0 Å². The van der Waals surface area contributed by atoms with E-state index in [4.69, 9.17) is 0 Å². The maximum absolute atomic E-state index is 11.2. The molecule has 0 saturated carbocycles. The Morgan fingerprint density at radius 2 is 1.50 bits per heavy atom. The van der Waals surface area contributed by atoms with Crippen molar-refractivity contribution in [3.63, 3.8) is 0 Å². The Balaban J connectivity index is 5.40. The summed E-state index contributed by atoms with van der Waals surface area (Å²) in [7, 11) is -4.92. The third-order valence-corrected chi connectivity index (χ3v) is 5.24. The fourth-order valence-corrected chi connectivity index (χ4v) is 3.43. The molecule has 6 heteroatoms. The SMILES string of the molecule is CCC(C)CCC(C(C(C)CC)=S(=O)=O)=S(=O)=O. The normalized spacial score (nSPS) is 13.8. The van der Waals surface area contributed by atoms with Gasteiger partial charge in [0.1, 0.15) is 0 Å². The van der Waals surface area contributed by atoms with Crippen molar-refractivity contribution < 1.29 is 16.8 Å². The van der Waals surface area contributed by atoms with Crippen molar-refractivity contribution in [3.8, 4) is 0 Å².